The van der Waals surface area contributed by atoms with E-state index in [4.69, 9.17) is 0 Å². The van der Waals surface area contributed by atoms with E-state index in [1.54, 1.807) is 0 Å². The van der Waals surface area contributed by atoms with Crippen LogP contribution in [0.1, 0.15) is 25.3 Å². The lowest BCUT2D eigenvalue weighted by molar-refractivity contribution is 0.589. The topological polar surface area (TPSA) is 0 Å². The molecule has 0 aliphatic rings. The monoisotopic (exact) mass is 390 g/mol. The van der Waals surface area contributed by atoms with Crippen molar-refractivity contribution in [3.8, 4) is 22.3 Å². The van der Waals surface area contributed by atoms with Crippen LogP contribution in [-0.4, -0.2) is 0 Å². The smallest absolute Gasteiger partial charge is 0.134 e. The molecule has 0 aliphatic carbocycles. The SMILES string of the molecule is CCCCc1ccc2cc(-c3cc(F)c(-c4cccc(F)c4)c(F)c3)ccc2c1. The van der Waals surface area contributed by atoms with Crippen molar-refractivity contribution in [3.63, 3.8) is 0 Å². The lowest BCUT2D eigenvalue weighted by Crippen LogP contribution is -1.93. The van der Waals surface area contributed by atoms with Crippen LogP contribution in [0.5, 0.6) is 0 Å². The van der Waals surface area contributed by atoms with Crippen LogP contribution in [-0.2, 0) is 6.42 Å². The number of unbranched alkanes of at least 4 members (excludes halogenated alkanes) is 1. The summed E-state index contributed by atoms with van der Waals surface area (Å²) in [5.41, 5.74) is 2.46. The van der Waals surface area contributed by atoms with E-state index in [9.17, 15) is 13.2 Å². The molecule has 4 rings (SSSR count). The lowest BCUT2D eigenvalue weighted by Gasteiger charge is -2.10. The second kappa shape index (κ2) is 8.12. The average molecular weight is 390 g/mol. The van der Waals surface area contributed by atoms with Crippen molar-refractivity contribution in [1.82, 2.24) is 0 Å². The van der Waals surface area contributed by atoms with Crippen molar-refractivity contribution in [2.75, 3.05) is 0 Å². The summed E-state index contributed by atoms with van der Waals surface area (Å²) in [6, 6.07) is 20.1. The van der Waals surface area contributed by atoms with Crippen molar-refractivity contribution < 1.29 is 13.2 Å². The van der Waals surface area contributed by atoms with Crippen LogP contribution in [0.25, 0.3) is 33.0 Å². The van der Waals surface area contributed by atoms with Gasteiger partial charge in [0.05, 0.1) is 5.56 Å². The Morgan fingerprint density at radius 2 is 1.38 bits per heavy atom. The molecule has 146 valence electrons. The number of aryl methyl sites for hydroxylation is 1. The zero-order valence-corrected chi connectivity index (χ0v) is 16.2. The zero-order chi connectivity index (χ0) is 20.4. The van der Waals surface area contributed by atoms with E-state index in [1.807, 2.05) is 18.2 Å². The molecule has 0 aromatic heterocycles. The van der Waals surface area contributed by atoms with Crippen LogP contribution in [0.2, 0.25) is 0 Å². The number of fused-ring (bicyclic) bond motifs is 1. The maximum atomic E-state index is 14.7. The molecule has 0 fully saturated rings. The maximum Gasteiger partial charge on any atom is 0.134 e. The van der Waals surface area contributed by atoms with Gasteiger partial charge in [-0.25, -0.2) is 13.2 Å². The summed E-state index contributed by atoms with van der Waals surface area (Å²) >= 11 is 0. The highest BCUT2D eigenvalue weighted by Gasteiger charge is 2.15. The lowest BCUT2D eigenvalue weighted by atomic mass is 9.96. The normalized spacial score (nSPS) is 11.2. The average Bonchev–Trinajstić information content (AvgIpc) is 2.71. The first-order valence-corrected chi connectivity index (χ1v) is 9.83. The van der Waals surface area contributed by atoms with E-state index in [1.165, 1.54) is 35.9 Å². The molecule has 0 heterocycles. The van der Waals surface area contributed by atoms with Gasteiger partial charge in [-0.2, -0.15) is 0 Å². The Morgan fingerprint density at radius 3 is 2.10 bits per heavy atom. The van der Waals surface area contributed by atoms with Crippen LogP contribution in [0, 0.1) is 17.5 Å². The third kappa shape index (κ3) is 4.04. The second-order valence-corrected chi connectivity index (χ2v) is 7.33. The van der Waals surface area contributed by atoms with Crippen LogP contribution in [0.15, 0.2) is 72.8 Å². The van der Waals surface area contributed by atoms with Gasteiger partial charge in [0.15, 0.2) is 0 Å². The van der Waals surface area contributed by atoms with E-state index in [0.29, 0.717) is 5.56 Å². The number of halogens is 3. The summed E-state index contributed by atoms with van der Waals surface area (Å²) in [5, 5.41) is 2.14. The van der Waals surface area contributed by atoms with E-state index in [-0.39, 0.29) is 11.1 Å². The number of hydrogen-bond acceptors (Lipinski definition) is 0. The first kappa shape index (κ1) is 19.3. The molecular formula is C26H21F3. The predicted octanol–water partition coefficient (Wildman–Crippen LogP) is 7.93. The van der Waals surface area contributed by atoms with Crippen LogP contribution in [0.3, 0.4) is 0 Å². The molecular weight excluding hydrogens is 369 g/mol. The molecule has 0 bridgehead atoms. The standard InChI is InChI=1S/C26H21F3/c1-2-3-5-17-8-9-19-13-20(11-10-18(19)12-17)22-15-24(28)26(25(29)16-22)21-6-4-7-23(27)14-21/h4,6-16H,2-3,5H2,1H3. The molecule has 0 atom stereocenters. The Bertz CT molecular complexity index is 1150. The molecule has 3 heteroatoms. The van der Waals surface area contributed by atoms with E-state index < -0.39 is 17.5 Å². The van der Waals surface area contributed by atoms with Gasteiger partial charge in [-0.15, -0.1) is 0 Å². The minimum atomic E-state index is -0.708. The van der Waals surface area contributed by atoms with Crippen molar-refractivity contribution in [1.29, 1.82) is 0 Å². The minimum Gasteiger partial charge on any atom is -0.207 e. The molecule has 0 aliphatic heterocycles. The molecule has 0 saturated heterocycles. The van der Waals surface area contributed by atoms with Crippen LogP contribution >= 0.6 is 0 Å². The Hall–Kier alpha value is -3.07. The summed E-state index contributed by atoms with van der Waals surface area (Å²) in [6.07, 6.45) is 3.35. The van der Waals surface area contributed by atoms with Crippen molar-refractivity contribution in [3.05, 3.63) is 95.8 Å². The summed E-state index contributed by atoms with van der Waals surface area (Å²) in [5.74, 6) is -1.94. The molecule has 0 amide bonds. The fourth-order valence-electron chi connectivity index (χ4n) is 3.67. The molecule has 0 nitrogen and oxygen atoms in total. The molecule has 0 radical (unpaired) electrons. The highest BCUT2D eigenvalue weighted by Crippen LogP contribution is 2.32. The fourth-order valence-corrected chi connectivity index (χ4v) is 3.67. The first-order chi connectivity index (χ1) is 14.0. The number of benzene rings is 4. The van der Waals surface area contributed by atoms with E-state index in [0.717, 1.165) is 41.7 Å². The quantitative estimate of drug-likeness (QED) is 0.324. The van der Waals surface area contributed by atoms with E-state index in [2.05, 4.69) is 25.1 Å². The summed E-state index contributed by atoms with van der Waals surface area (Å²) < 4.78 is 42.9. The highest BCUT2D eigenvalue weighted by atomic mass is 19.1. The number of hydrogen-bond donors (Lipinski definition) is 0. The van der Waals surface area contributed by atoms with Crippen LogP contribution < -0.4 is 0 Å². The third-order valence-corrected chi connectivity index (χ3v) is 5.21. The van der Waals surface area contributed by atoms with Gasteiger partial charge in [-0.05, 0) is 76.2 Å². The van der Waals surface area contributed by atoms with Gasteiger partial charge in [0, 0.05) is 0 Å². The Balaban J connectivity index is 1.72. The van der Waals surface area contributed by atoms with Crippen LogP contribution in [0.4, 0.5) is 13.2 Å². The molecule has 4 aromatic rings. The third-order valence-electron chi connectivity index (χ3n) is 5.21. The predicted molar refractivity (Wildman–Crippen MR) is 113 cm³/mol. The Labute approximate surface area is 168 Å². The van der Waals surface area contributed by atoms with Crippen molar-refractivity contribution >= 4 is 10.8 Å². The molecule has 0 spiro atoms. The number of rotatable bonds is 5. The molecule has 0 saturated carbocycles. The molecule has 0 N–H and O–H groups in total. The zero-order valence-electron chi connectivity index (χ0n) is 16.2. The first-order valence-electron chi connectivity index (χ1n) is 9.83. The van der Waals surface area contributed by atoms with E-state index >= 15 is 0 Å². The summed E-state index contributed by atoms with van der Waals surface area (Å²) in [6.45, 7) is 2.17. The molecule has 4 aromatic carbocycles. The second-order valence-electron chi connectivity index (χ2n) is 7.33. The van der Waals surface area contributed by atoms with Crippen molar-refractivity contribution in [2.45, 2.75) is 26.2 Å². The molecule has 29 heavy (non-hydrogen) atoms. The fraction of sp³-hybridized carbons (Fsp3) is 0.154. The van der Waals surface area contributed by atoms with Gasteiger partial charge in [-0.3, -0.25) is 0 Å². The summed E-state index contributed by atoms with van der Waals surface area (Å²) in [4.78, 5) is 0. The molecule has 0 unspecified atom stereocenters. The Kier molecular flexibility index (Phi) is 5.39. The van der Waals surface area contributed by atoms with Crippen molar-refractivity contribution in [2.24, 2.45) is 0 Å². The van der Waals surface area contributed by atoms with Gasteiger partial charge in [-0.1, -0.05) is 55.8 Å². The Morgan fingerprint density at radius 1 is 0.655 bits per heavy atom. The minimum absolute atomic E-state index is 0.185. The van der Waals surface area contributed by atoms with Gasteiger partial charge >= 0.3 is 0 Å². The van der Waals surface area contributed by atoms with Gasteiger partial charge in [0.1, 0.15) is 17.5 Å². The van der Waals surface area contributed by atoms with Gasteiger partial charge < -0.3 is 0 Å². The highest BCUT2D eigenvalue weighted by molar-refractivity contribution is 5.88. The largest absolute Gasteiger partial charge is 0.207 e. The van der Waals surface area contributed by atoms with Gasteiger partial charge in [0.2, 0.25) is 0 Å². The summed E-state index contributed by atoms with van der Waals surface area (Å²) in [7, 11) is 0. The van der Waals surface area contributed by atoms with Gasteiger partial charge in [0.25, 0.3) is 0 Å². The maximum absolute atomic E-state index is 14.7.